The average molecular weight is 235 g/mol. The van der Waals surface area contributed by atoms with Crippen LogP contribution in [0.3, 0.4) is 0 Å². The first-order valence-electron chi connectivity index (χ1n) is 5.87. The summed E-state index contributed by atoms with van der Waals surface area (Å²) < 4.78 is 2.34. The summed E-state index contributed by atoms with van der Waals surface area (Å²) in [6.45, 7) is 2.25. The Morgan fingerprint density at radius 3 is 2.94 bits per heavy atom. The summed E-state index contributed by atoms with van der Waals surface area (Å²) in [6.07, 6.45) is 2.53. The van der Waals surface area contributed by atoms with E-state index in [1.54, 1.807) is 0 Å². The maximum atomic E-state index is 5.98. The summed E-state index contributed by atoms with van der Waals surface area (Å²) in [6, 6.07) is 8.93. The van der Waals surface area contributed by atoms with E-state index in [0.717, 1.165) is 17.3 Å². The fourth-order valence-corrected chi connectivity index (χ4v) is 2.73. The second-order valence-electron chi connectivity index (χ2n) is 4.49. The number of alkyl halides is 1. The summed E-state index contributed by atoms with van der Waals surface area (Å²) >= 11 is 5.98. The van der Waals surface area contributed by atoms with E-state index < -0.39 is 0 Å². The van der Waals surface area contributed by atoms with Crippen molar-refractivity contribution >= 4 is 22.6 Å². The smallest absolute Gasteiger partial charge is 0.125 e. The number of hydrogen-bond acceptors (Lipinski definition) is 1. The zero-order valence-corrected chi connectivity index (χ0v) is 10.1. The van der Waals surface area contributed by atoms with E-state index in [-0.39, 0.29) is 0 Å². The second-order valence-corrected chi connectivity index (χ2v) is 4.76. The van der Waals surface area contributed by atoms with Gasteiger partial charge in [-0.25, -0.2) is 4.98 Å². The topological polar surface area (TPSA) is 17.8 Å². The van der Waals surface area contributed by atoms with Crippen molar-refractivity contribution in [3.05, 3.63) is 30.1 Å². The Hall–Kier alpha value is -1.02. The highest BCUT2D eigenvalue weighted by atomic mass is 35.5. The van der Waals surface area contributed by atoms with E-state index in [2.05, 4.69) is 34.7 Å². The Balaban J connectivity index is 2.13. The molecule has 3 heteroatoms. The molecule has 1 aromatic heterocycles. The first kappa shape index (κ1) is 10.2. The van der Waals surface area contributed by atoms with E-state index in [1.165, 1.54) is 18.4 Å². The summed E-state index contributed by atoms with van der Waals surface area (Å²) in [5.41, 5.74) is 2.30. The van der Waals surface area contributed by atoms with Crippen LogP contribution >= 0.6 is 11.6 Å². The second kappa shape index (κ2) is 3.77. The minimum atomic E-state index is 0.502. The monoisotopic (exact) mass is 234 g/mol. The van der Waals surface area contributed by atoms with Gasteiger partial charge in [0.25, 0.3) is 0 Å². The molecule has 1 aliphatic carbocycles. The van der Waals surface area contributed by atoms with E-state index in [4.69, 9.17) is 11.6 Å². The van der Waals surface area contributed by atoms with Gasteiger partial charge in [0.05, 0.1) is 16.9 Å². The fourth-order valence-electron chi connectivity index (χ4n) is 2.55. The highest BCUT2D eigenvalue weighted by Crippen LogP contribution is 2.47. The van der Waals surface area contributed by atoms with Crippen molar-refractivity contribution < 1.29 is 0 Å². The molecule has 1 saturated carbocycles. The predicted octanol–water partition coefficient (Wildman–Crippen LogP) is 3.75. The van der Waals surface area contributed by atoms with E-state index >= 15 is 0 Å². The van der Waals surface area contributed by atoms with Crippen molar-refractivity contribution in [1.29, 1.82) is 0 Å². The lowest BCUT2D eigenvalue weighted by atomic mass is 10.3. The van der Waals surface area contributed by atoms with Gasteiger partial charge in [-0.05, 0) is 24.5 Å². The van der Waals surface area contributed by atoms with Gasteiger partial charge in [0.2, 0.25) is 0 Å². The minimum absolute atomic E-state index is 0.502. The molecule has 2 aromatic rings. The number of nitrogens with zero attached hydrogens (tertiary/aromatic N) is 2. The van der Waals surface area contributed by atoms with Gasteiger partial charge in [-0.2, -0.15) is 0 Å². The first-order valence-corrected chi connectivity index (χ1v) is 6.40. The van der Waals surface area contributed by atoms with Crippen molar-refractivity contribution in [2.45, 2.75) is 31.7 Å². The number of para-hydroxylation sites is 2. The van der Waals surface area contributed by atoms with Gasteiger partial charge in [-0.15, -0.1) is 11.6 Å². The SMILES string of the molecule is CCC1CC1n1c(CCl)nc2ccccc21. The molecule has 1 heterocycles. The van der Waals surface area contributed by atoms with E-state index in [0.29, 0.717) is 11.9 Å². The van der Waals surface area contributed by atoms with Crippen LogP contribution in [0.5, 0.6) is 0 Å². The van der Waals surface area contributed by atoms with E-state index in [1.807, 2.05) is 6.07 Å². The third-order valence-corrected chi connectivity index (χ3v) is 3.77. The van der Waals surface area contributed by atoms with Crippen molar-refractivity contribution in [2.75, 3.05) is 0 Å². The Bertz CT molecular complexity index is 518. The molecule has 0 N–H and O–H groups in total. The van der Waals surface area contributed by atoms with Gasteiger partial charge in [-0.3, -0.25) is 0 Å². The molecule has 84 valence electrons. The fraction of sp³-hybridized carbons (Fsp3) is 0.462. The van der Waals surface area contributed by atoms with Crippen LogP contribution in [0, 0.1) is 5.92 Å². The lowest BCUT2D eigenvalue weighted by Gasteiger charge is -2.06. The van der Waals surface area contributed by atoms with Gasteiger partial charge in [-0.1, -0.05) is 25.5 Å². The predicted molar refractivity (Wildman–Crippen MR) is 66.7 cm³/mol. The first-order chi connectivity index (χ1) is 7.85. The normalized spacial score (nSPS) is 23.9. The van der Waals surface area contributed by atoms with Gasteiger partial charge in [0, 0.05) is 6.04 Å². The number of imidazole rings is 1. The maximum absolute atomic E-state index is 5.98. The molecule has 2 atom stereocenters. The molecule has 1 aromatic carbocycles. The van der Waals surface area contributed by atoms with Crippen LogP contribution in [-0.2, 0) is 5.88 Å². The van der Waals surface area contributed by atoms with Crippen molar-refractivity contribution in [2.24, 2.45) is 5.92 Å². The molecule has 0 spiro atoms. The molecule has 0 bridgehead atoms. The molecule has 16 heavy (non-hydrogen) atoms. The largest absolute Gasteiger partial charge is 0.324 e. The Morgan fingerprint density at radius 2 is 2.25 bits per heavy atom. The molecule has 2 nitrogen and oxygen atoms in total. The summed E-state index contributed by atoms with van der Waals surface area (Å²) in [7, 11) is 0. The van der Waals surface area contributed by atoms with Gasteiger partial charge in [0.15, 0.2) is 0 Å². The Morgan fingerprint density at radius 1 is 1.44 bits per heavy atom. The quantitative estimate of drug-likeness (QED) is 0.740. The van der Waals surface area contributed by atoms with Crippen LogP contribution < -0.4 is 0 Å². The van der Waals surface area contributed by atoms with Crippen LogP contribution in [0.1, 0.15) is 31.6 Å². The number of aromatic nitrogens is 2. The molecule has 1 fully saturated rings. The molecular formula is C13H15ClN2. The average Bonchev–Trinajstić information content (AvgIpc) is 3.01. The Labute approximate surface area is 100 Å². The minimum Gasteiger partial charge on any atom is -0.324 e. The number of halogens is 1. The lowest BCUT2D eigenvalue weighted by Crippen LogP contribution is -2.01. The van der Waals surface area contributed by atoms with Crippen LogP contribution in [0.25, 0.3) is 11.0 Å². The van der Waals surface area contributed by atoms with Gasteiger partial charge in [0.1, 0.15) is 5.82 Å². The van der Waals surface area contributed by atoms with Crippen molar-refractivity contribution in [3.8, 4) is 0 Å². The van der Waals surface area contributed by atoms with Crippen molar-refractivity contribution in [3.63, 3.8) is 0 Å². The maximum Gasteiger partial charge on any atom is 0.125 e. The third-order valence-electron chi connectivity index (χ3n) is 3.53. The molecule has 2 unspecified atom stereocenters. The molecule has 0 aliphatic heterocycles. The third kappa shape index (κ3) is 1.44. The number of benzene rings is 1. The number of hydrogen-bond donors (Lipinski definition) is 0. The number of fused-ring (bicyclic) bond motifs is 1. The summed E-state index contributed by atoms with van der Waals surface area (Å²) in [5, 5.41) is 0. The van der Waals surface area contributed by atoms with Gasteiger partial charge < -0.3 is 4.57 Å². The highest BCUT2D eigenvalue weighted by Gasteiger charge is 2.38. The van der Waals surface area contributed by atoms with Crippen LogP contribution in [0.15, 0.2) is 24.3 Å². The summed E-state index contributed by atoms with van der Waals surface area (Å²) in [4.78, 5) is 4.59. The van der Waals surface area contributed by atoms with Crippen LogP contribution in [0.2, 0.25) is 0 Å². The van der Waals surface area contributed by atoms with Gasteiger partial charge >= 0.3 is 0 Å². The molecule has 0 saturated heterocycles. The highest BCUT2D eigenvalue weighted by molar-refractivity contribution is 6.16. The van der Waals surface area contributed by atoms with E-state index in [9.17, 15) is 0 Å². The molecule has 0 radical (unpaired) electrons. The van der Waals surface area contributed by atoms with Crippen LogP contribution in [-0.4, -0.2) is 9.55 Å². The molecule has 0 amide bonds. The van der Waals surface area contributed by atoms with Crippen LogP contribution in [0.4, 0.5) is 0 Å². The molecule has 3 rings (SSSR count). The molecular weight excluding hydrogens is 220 g/mol. The lowest BCUT2D eigenvalue weighted by molar-refractivity contribution is 0.637. The number of rotatable bonds is 3. The Kier molecular flexibility index (Phi) is 2.40. The summed E-state index contributed by atoms with van der Waals surface area (Å²) in [5.74, 6) is 2.34. The standard InChI is InChI=1S/C13H15ClN2/c1-2-9-7-12(9)16-11-6-4-3-5-10(11)15-13(16)8-14/h3-6,9,12H,2,7-8H2,1H3. The zero-order chi connectivity index (χ0) is 11.1. The molecule has 1 aliphatic rings. The zero-order valence-electron chi connectivity index (χ0n) is 9.36. The van der Waals surface area contributed by atoms with Crippen molar-refractivity contribution in [1.82, 2.24) is 9.55 Å².